The van der Waals surface area contributed by atoms with E-state index < -0.39 is 10.0 Å². The van der Waals surface area contributed by atoms with Crippen molar-refractivity contribution in [3.05, 3.63) is 54.3 Å². The summed E-state index contributed by atoms with van der Waals surface area (Å²) in [7, 11) is -3.23. The van der Waals surface area contributed by atoms with Gasteiger partial charge >= 0.3 is 0 Å². The number of nitrogens with zero attached hydrogens (tertiary/aromatic N) is 2. The molecule has 26 heavy (non-hydrogen) atoms. The molecule has 6 nitrogen and oxygen atoms in total. The Balaban J connectivity index is 1.87. The van der Waals surface area contributed by atoms with Gasteiger partial charge in [-0.05, 0) is 43.3 Å². The maximum Gasteiger partial charge on any atom is 0.211 e. The zero-order valence-electron chi connectivity index (χ0n) is 14.2. The fourth-order valence-corrected chi connectivity index (χ4v) is 3.05. The molecule has 136 valence electrons. The van der Waals surface area contributed by atoms with Crippen molar-refractivity contribution in [2.24, 2.45) is 0 Å². The van der Waals surface area contributed by atoms with Crippen molar-refractivity contribution in [3.8, 4) is 11.4 Å². The standard InChI is InChI=1S/C18H19FN4O2S/c1-2-26(24,25)21-12-11-20-18-15-5-3-4-6-16(15)22-17(23-18)13-7-9-14(19)10-8-13/h3-10,21H,2,11-12H2,1H3,(H,20,22,23). The lowest BCUT2D eigenvalue weighted by Gasteiger charge is -2.11. The third kappa shape index (κ3) is 4.33. The summed E-state index contributed by atoms with van der Waals surface area (Å²) in [4.78, 5) is 9.06. The van der Waals surface area contributed by atoms with Crippen molar-refractivity contribution in [2.45, 2.75) is 6.92 Å². The second-order valence-corrected chi connectivity index (χ2v) is 7.74. The number of benzene rings is 2. The molecule has 0 fully saturated rings. The molecular weight excluding hydrogens is 355 g/mol. The number of rotatable bonds is 7. The Morgan fingerprint density at radius 1 is 1.00 bits per heavy atom. The van der Waals surface area contributed by atoms with Crippen LogP contribution in [0.4, 0.5) is 10.2 Å². The van der Waals surface area contributed by atoms with Gasteiger partial charge in [0.05, 0.1) is 11.3 Å². The Morgan fingerprint density at radius 2 is 1.73 bits per heavy atom. The van der Waals surface area contributed by atoms with Gasteiger partial charge in [0.15, 0.2) is 5.82 Å². The summed E-state index contributed by atoms with van der Waals surface area (Å²) in [5.41, 5.74) is 1.45. The fraction of sp³-hybridized carbons (Fsp3) is 0.222. The maximum atomic E-state index is 13.2. The lowest BCUT2D eigenvalue weighted by molar-refractivity contribution is 0.584. The lowest BCUT2D eigenvalue weighted by atomic mass is 10.2. The van der Waals surface area contributed by atoms with Gasteiger partial charge in [0, 0.05) is 24.0 Å². The summed E-state index contributed by atoms with van der Waals surface area (Å²) in [6, 6.07) is 13.5. The molecule has 0 aliphatic rings. The molecule has 0 unspecified atom stereocenters. The normalized spacial score (nSPS) is 11.6. The number of nitrogens with one attached hydrogen (secondary N) is 2. The highest BCUT2D eigenvalue weighted by Gasteiger charge is 2.10. The first kappa shape index (κ1) is 18.2. The number of fused-ring (bicyclic) bond motifs is 1. The first-order chi connectivity index (χ1) is 12.5. The molecular formula is C18H19FN4O2S. The Hall–Kier alpha value is -2.58. The molecule has 3 rings (SSSR count). The van der Waals surface area contributed by atoms with Crippen LogP contribution in [0.2, 0.25) is 0 Å². The van der Waals surface area contributed by atoms with Crippen molar-refractivity contribution in [3.63, 3.8) is 0 Å². The highest BCUT2D eigenvalue weighted by Crippen LogP contribution is 2.24. The number of halogens is 1. The Bertz CT molecular complexity index is 1010. The van der Waals surface area contributed by atoms with E-state index in [1.165, 1.54) is 12.1 Å². The van der Waals surface area contributed by atoms with E-state index in [1.807, 2.05) is 24.3 Å². The van der Waals surface area contributed by atoms with E-state index in [2.05, 4.69) is 20.0 Å². The topological polar surface area (TPSA) is 84.0 Å². The number of para-hydroxylation sites is 1. The Morgan fingerprint density at radius 3 is 2.46 bits per heavy atom. The van der Waals surface area contributed by atoms with Crippen LogP contribution in [-0.2, 0) is 10.0 Å². The molecule has 0 aliphatic carbocycles. The highest BCUT2D eigenvalue weighted by atomic mass is 32.2. The minimum Gasteiger partial charge on any atom is -0.368 e. The number of hydrogen-bond donors (Lipinski definition) is 2. The van der Waals surface area contributed by atoms with Crippen LogP contribution in [-0.4, -0.2) is 37.2 Å². The molecule has 2 aromatic carbocycles. The highest BCUT2D eigenvalue weighted by molar-refractivity contribution is 7.89. The molecule has 3 aromatic rings. The molecule has 0 atom stereocenters. The molecule has 1 heterocycles. The molecule has 0 saturated heterocycles. The van der Waals surface area contributed by atoms with E-state index in [0.717, 1.165) is 10.9 Å². The van der Waals surface area contributed by atoms with Crippen LogP contribution >= 0.6 is 0 Å². The van der Waals surface area contributed by atoms with Crippen LogP contribution in [0.3, 0.4) is 0 Å². The van der Waals surface area contributed by atoms with E-state index in [4.69, 9.17) is 0 Å². The lowest BCUT2D eigenvalue weighted by Crippen LogP contribution is -2.30. The predicted octanol–water partition coefficient (Wildman–Crippen LogP) is 2.79. The molecule has 0 bridgehead atoms. The number of aromatic nitrogens is 2. The van der Waals surface area contributed by atoms with E-state index in [1.54, 1.807) is 19.1 Å². The van der Waals surface area contributed by atoms with Gasteiger partial charge in [0.1, 0.15) is 11.6 Å². The van der Waals surface area contributed by atoms with E-state index in [-0.39, 0.29) is 18.1 Å². The minimum absolute atomic E-state index is 0.0398. The number of sulfonamides is 1. The third-order valence-corrected chi connectivity index (χ3v) is 5.23. The summed E-state index contributed by atoms with van der Waals surface area (Å²) < 4.78 is 38.6. The van der Waals surface area contributed by atoms with E-state index >= 15 is 0 Å². The molecule has 8 heteroatoms. The molecule has 0 saturated carbocycles. The second-order valence-electron chi connectivity index (χ2n) is 5.64. The SMILES string of the molecule is CCS(=O)(=O)NCCNc1nc(-c2ccc(F)cc2)nc2ccccc12. The summed E-state index contributed by atoms with van der Waals surface area (Å²) in [6.07, 6.45) is 0. The third-order valence-electron chi connectivity index (χ3n) is 3.83. The van der Waals surface area contributed by atoms with E-state index in [9.17, 15) is 12.8 Å². The smallest absolute Gasteiger partial charge is 0.211 e. The van der Waals surface area contributed by atoms with Gasteiger partial charge in [0.25, 0.3) is 0 Å². The minimum atomic E-state index is -3.23. The van der Waals surface area contributed by atoms with Gasteiger partial charge < -0.3 is 5.32 Å². The average Bonchev–Trinajstić information content (AvgIpc) is 2.65. The molecule has 2 N–H and O–H groups in total. The van der Waals surface area contributed by atoms with Crippen LogP contribution < -0.4 is 10.0 Å². The van der Waals surface area contributed by atoms with Gasteiger partial charge in [0.2, 0.25) is 10.0 Å². The summed E-state index contributed by atoms with van der Waals surface area (Å²) in [5.74, 6) is 0.792. The van der Waals surface area contributed by atoms with E-state index in [0.29, 0.717) is 23.8 Å². The van der Waals surface area contributed by atoms with Crippen LogP contribution in [0, 0.1) is 5.82 Å². The molecule has 0 spiro atoms. The van der Waals surface area contributed by atoms with Crippen molar-refractivity contribution in [1.82, 2.24) is 14.7 Å². The first-order valence-electron chi connectivity index (χ1n) is 8.22. The maximum absolute atomic E-state index is 13.2. The summed E-state index contributed by atoms with van der Waals surface area (Å²) in [6.45, 7) is 2.21. The summed E-state index contributed by atoms with van der Waals surface area (Å²) in [5, 5.41) is 3.98. The summed E-state index contributed by atoms with van der Waals surface area (Å²) >= 11 is 0. The van der Waals surface area contributed by atoms with Crippen LogP contribution in [0.1, 0.15) is 6.92 Å². The fourth-order valence-electron chi connectivity index (χ4n) is 2.43. The van der Waals surface area contributed by atoms with Crippen molar-refractivity contribution in [1.29, 1.82) is 0 Å². The Labute approximate surface area is 151 Å². The zero-order valence-corrected chi connectivity index (χ0v) is 15.1. The van der Waals surface area contributed by atoms with Crippen LogP contribution in [0.25, 0.3) is 22.3 Å². The predicted molar refractivity (Wildman–Crippen MR) is 101 cm³/mol. The van der Waals surface area contributed by atoms with Gasteiger partial charge in [-0.15, -0.1) is 0 Å². The van der Waals surface area contributed by atoms with Gasteiger partial charge in [-0.2, -0.15) is 0 Å². The van der Waals surface area contributed by atoms with Crippen molar-refractivity contribution < 1.29 is 12.8 Å². The van der Waals surface area contributed by atoms with Gasteiger partial charge in [-0.25, -0.2) is 27.5 Å². The second kappa shape index (κ2) is 7.76. The first-order valence-corrected chi connectivity index (χ1v) is 9.87. The Kier molecular flexibility index (Phi) is 5.43. The quantitative estimate of drug-likeness (QED) is 0.621. The van der Waals surface area contributed by atoms with Crippen LogP contribution in [0.15, 0.2) is 48.5 Å². The van der Waals surface area contributed by atoms with Crippen molar-refractivity contribution >= 4 is 26.7 Å². The molecule has 0 radical (unpaired) electrons. The monoisotopic (exact) mass is 374 g/mol. The number of hydrogen-bond acceptors (Lipinski definition) is 5. The van der Waals surface area contributed by atoms with Crippen LogP contribution in [0.5, 0.6) is 0 Å². The molecule has 0 aliphatic heterocycles. The largest absolute Gasteiger partial charge is 0.368 e. The van der Waals surface area contributed by atoms with Crippen molar-refractivity contribution in [2.75, 3.05) is 24.2 Å². The molecule has 1 aromatic heterocycles. The van der Waals surface area contributed by atoms with Gasteiger partial charge in [-0.3, -0.25) is 0 Å². The van der Waals surface area contributed by atoms with Gasteiger partial charge in [-0.1, -0.05) is 12.1 Å². The average molecular weight is 374 g/mol. The zero-order chi connectivity index (χ0) is 18.6. The molecule has 0 amide bonds. The number of anilines is 1.